The third-order valence-electron chi connectivity index (χ3n) is 6.90. The molecule has 5 nitrogen and oxygen atoms in total. The Morgan fingerprint density at radius 2 is 2.16 bits per heavy atom. The topological polar surface area (TPSA) is 70.2 Å². The van der Waals surface area contributed by atoms with E-state index in [1.165, 1.54) is 25.7 Å². The van der Waals surface area contributed by atoms with E-state index in [2.05, 4.69) is 22.9 Å². The molecule has 2 bridgehead atoms. The van der Waals surface area contributed by atoms with Crippen LogP contribution in [0.2, 0.25) is 0 Å². The largest absolute Gasteiger partial charge is 0.353 e. The molecule has 3 amide bonds. The van der Waals surface area contributed by atoms with E-state index in [4.69, 9.17) is 0 Å². The zero-order valence-electron chi connectivity index (χ0n) is 15.1. The number of urea groups is 1. The summed E-state index contributed by atoms with van der Waals surface area (Å²) in [4.78, 5) is 23.7. The van der Waals surface area contributed by atoms with E-state index in [-0.39, 0.29) is 18.0 Å². The van der Waals surface area contributed by atoms with E-state index in [1.807, 2.05) is 11.8 Å². The molecular weight excluding hydrogens is 334 g/mol. The fourth-order valence-electron chi connectivity index (χ4n) is 5.61. The van der Waals surface area contributed by atoms with Gasteiger partial charge in [0.1, 0.15) is 0 Å². The fourth-order valence-corrected chi connectivity index (χ4v) is 7.16. The van der Waals surface area contributed by atoms with Crippen molar-refractivity contribution in [3.63, 3.8) is 0 Å². The van der Waals surface area contributed by atoms with Crippen molar-refractivity contribution in [1.82, 2.24) is 16.0 Å². The van der Waals surface area contributed by atoms with Crippen molar-refractivity contribution < 1.29 is 9.59 Å². The van der Waals surface area contributed by atoms with Gasteiger partial charge in [0, 0.05) is 23.5 Å². The molecule has 140 valence electrons. The van der Waals surface area contributed by atoms with Crippen molar-refractivity contribution in [3.8, 4) is 0 Å². The molecule has 25 heavy (non-hydrogen) atoms. The molecule has 3 N–H and O–H groups in total. The van der Waals surface area contributed by atoms with Crippen molar-refractivity contribution in [3.05, 3.63) is 0 Å². The molecule has 0 aromatic carbocycles. The summed E-state index contributed by atoms with van der Waals surface area (Å²) in [6.07, 6.45) is 9.26. The van der Waals surface area contributed by atoms with Crippen LogP contribution in [-0.2, 0) is 4.79 Å². The van der Waals surface area contributed by atoms with Crippen LogP contribution in [0.25, 0.3) is 0 Å². The van der Waals surface area contributed by atoms with E-state index in [0.717, 1.165) is 36.9 Å². The van der Waals surface area contributed by atoms with Gasteiger partial charge in [-0.3, -0.25) is 4.79 Å². The molecule has 4 fully saturated rings. The zero-order chi connectivity index (χ0) is 17.4. The van der Waals surface area contributed by atoms with Gasteiger partial charge >= 0.3 is 6.03 Å². The maximum atomic E-state index is 12.3. The number of hydrogen-bond acceptors (Lipinski definition) is 3. The number of unbranched alkanes of at least 4 members (excludes halogenated alkanes) is 1. The van der Waals surface area contributed by atoms with Gasteiger partial charge < -0.3 is 16.0 Å². The number of nitrogens with one attached hydrogen (secondary N) is 3. The Morgan fingerprint density at radius 3 is 2.92 bits per heavy atom. The predicted molar refractivity (Wildman–Crippen MR) is 101 cm³/mol. The van der Waals surface area contributed by atoms with Gasteiger partial charge in [0.25, 0.3) is 0 Å². The quantitative estimate of drug-likeness (QED) is 0.480. The molecule has 2 saturated carbocycles. The van der Waals surface area contributed by atoms with E-state index in [1.54, 1.807) is 0 Å². The van der Waals surface area contributed by atoms with Gasteiger partial charge in [-0.15, -0.1) is 0 Å². The fraction of sp³-hybridized carbons (Fsp3) is 0.895. The Morgan fingerprint density at radius 1 is 1.28 bits per heavy atom. The number of fused-ring (bicyclic) bond motifs is 3. The Kier molecular flexibility index (Phi) is 5.16. The monoisotopic (exact) mass is 365 g/mol. The van der Waals surface area contributed by atoms with Crippen molar-refractivity contribution >= 4 is 23.7 Å². The average molecular weight is 366 g/mol. The van der Waals surface area contributed by atoms with Crippen LogP contribution in [0.15, 0.2) is 0 Å². The first-order valence-electron chi connectivity index (χ1n) is 10.1. The highest BCUT2D eigenvalue weighted by Gasteiger charge is 2.43. The van der Waals surface area contributed by atoms with Gasteiger partial charge in [-0.05, 0) is 56.8 Å². The molecule has 7 atom stereocenters. The standard InChI is InChI=1S/C19H31N3O2S/c1-11(14-9-12-6-7-13(14)8-12)20-17(23)5-3-2-4-16-18-15(10-25-16)21-19(24)22-18/h11-16,18H,2-10H2,1H3,(H,20,23)(H2,21,22,24)/t11-,12-,13-,14+,15-,16-,18-/m0/s1. The lowest BCUT2D eigenvalue weighted by molar-refractivity contribution is -0.122. The van der Waals surface area contributed by atoms with Gasteiger partial charge in [-0.1, -0.05) is 12.8 Å². The van der Waals surface area contributed by atoms with E-state index >= 15 is 0 Å². The lowest BCUT2D eigenvalue weighted by atomic mass is 9.84. The molecular formula is C19H31N3O2S. The average Bonchev–Trinajstić information content (AvgIpc) is 3.33. The minimum Gasteiger partial charge on any atom is -0.353 e. The van der Waals surface area contributed by atoms with Crippen LogP contribution in [0.1, 0.15) is 58.3 Å². The van der Waals surface area contributed by atoms with Crippen LogP contribution in [0.3, 0.4) is 0 Å². The van der Waals surface area contributed by atoms with Gasteiger partial charge in [-0.25, -0.2) is 4.79 Å². The van der Waals surface area contributed by atoms with Crippen LogP contribution in [-0.4, -0.2) is 41.1 Å². The highest BCUT2D eigenvalue weighted by molar-refractivity contribution is 8.00. The summed E-state index contributed by atoms with van der Waals surface area (Å²) >= 11 is 1.95. The van der Waals surface area contributed by atoms with Crippen LogP contribution in [0.4, 0.5) is 4.79 Å². The Balaban J connectivity index is 1.12. The molecule has 0 radical (unpaired) electrons. The van der Waals surface area contributed by atoms with Gasteiger partial charge in [0.2, 0.25) is 5.91 Å². The normalized spacial score (nSPS) is 39.8. The summed E-state index contributed by atoms with van der Waals surface area (Å²) in [5.41, 5.74) is 0. The molecule has 0 unspecified atom stereocenters. The first-order chi connectivity index (χ1) is 12.1. The van der Waals surface area contributed by atoms with Crippen molar-refractivity contribution in [2.75, 3.05) is 5.75 Å². The second-order valence-electron chi connectivity index (χ2n) is 8.56. The van der Waals surface area contributed by atoms with Gasteiger partial charge in [-0.2, -0.15) is 11.8 Å². The number of carbonyl (C=O) groups is 2. The molecule has 2 saturated heterocycles. The first-order valence-corrected chi connectivity index (χ1v) is 11.1. The summed E-state index contributed by atoms with van der Waals surface area (Å²) in [6.45, 7) is 2.20. The molecule has 0 spiro atoms. The van der Waals surface area contributed by atoms with Crippen LogP contribution >= 0.6 is 11.8 Å². The summed E-state index contributed by atoms with van der Waals surface area (Å²) in [5, 5.41) is 9.78. The maximum Gasteiger partial charge on any atom is 0.315 e. The SMILES string of the molecule is C[C@H](NC(=O)CCCC[C@@H]1SC[C@@H]2NC(=O)N[C@@H]21)[C@H]1C[C@H]2CC[C@H]1C2. The lowest BCUT2D eigenvalue weighted by Gasteiger charge is -2.28. The minimum atomic E-state index is -0.0192. The third kappa shape index (κ3) is 3.79. The van der Waals surface area contributed by atoms with Crippen LogP contribution < -0.4 is 16.0 Å². The first kappa shape index (κ1) is 17.5. The number of hydrogen-bond donors (Lipinski definition) is 3. The van der Waals surface area contributed by atoms with Crippen molar-refractivity contribution in [2.45, 2.75) is 81.7 Å². The Bertz CT molecular complexity index is 529. The number of thioether (sulfide) groups is 1. The summed E-state index contributed by atoms with van der Waals surface area (Å²) in [6, 6.07) is 0.903. The molecule has 2 heterocycles. The summed E-state index contributed by atoms with van der Waals surface area (Å²) in [7, 11) is 0. The summed E-state index contributed by atoms with van der Waals surface area (Å²) < 4.78 is 0. The number of rotatable bonds is 7. The maximum absolute atomic E-state index is 12.3. The molecule has 4 aliphatic rings. The zero-order valence-corrected chi connectivity index (χ0v) is 15.9. The molecule has 0 aromatic rings. The van der Waals surface area contributed by atoms with Crippen LogP contribution in [0.5, 0.6) is 0 Å². The van der Waals surface area contributed by atoms with Crippen molar-refractivity contribution in [2.24, 2.45) is 17.8 Å². The molecule has 4 rings (SSSR count). The molecule has 2 aliphatic heterocycles. The number of amides is 3. The minimum absolute atomic E-state index is 0.0192. The Hall–Kier alpha value is -0.910. The van der Waals surface area contributed by atoms with Gasteiger partial charge in [0.05, 0.1) is 12.1 Å². The third-order valence-corrected chi connectivity index (χ3v) is 8.41. The van der Waals surface area contributed by atoms with E-state index in [0.29, 0.717) is 29.7 Å². The highest BCUT2D eigenvalue weighted by Crippen LogP contribution is 2.49. The molecule has 2 aliphatic carbocycles. The second kappa shape index (κ2) is 7.37. The number of carbonyl (C=O) groups excluding carboxylic acids is 2. The lowest BCUT2D eigenvalue weighted by Crippen LogP contribution is -2.40. The van der Waals surface area contributed by atoms with E-state index < -0.39 is 0 Å². The highest BCUT2D eigenvalue weighted by atomic mass is 32.2. The van der Waals surface area contributed by atoms with E-state index in [9.17, 15) is 9.59 Å². The van der Waals surface area contributed by atoms with Crippen LogP contribution in [0, 0.1) is 17.8 Å². The second-order valence-corrected chi connectivity index (χ2v) is 9.83. The van der Waals surface area contributed by atoms with Crippen molar-refractivity contribution in [1.29, 1.82) is 0 Å². The predicted octanol–water partition coefficient (Wildman–Crippen LogP) is 2.65. The molecule has 6 heteroatoms. The van der Waals surface area contributed by atoms with Gasteiger partial charge in [0.15, 0.2) is 0 Å². The smallest absolute Gasteiger partial charge is 0.315 e. The molecule has 0 aromatic heterocycles. The summed E-state index contributed by atoms with van der Waals surface area (Å²) in [5.74, 6) is 3.75. The Labute approximate surface area is 154 Å².